The third-order valence-corrected chi connectivity index (χ3v) is 2.24. The molecule has 0 spiro atoms. The molecule has 2 rings (SSSR count). The maximum atomic E-state index is 10.5. The number of fused-ring (bicyclic) bond motifs is 1. The molecule has 1 aromatic rings. The van der Waals surface area contributed by atoms with E-state index in [1.165, 1.54) is 6.08 Å². The quantitative estimate of drug-likeness (QED) is 0.593. The lowest BCUT2D eigenvalue weighted by Crippen LogP contribution is -1.93. The number of benzene rings is 1. The summed E-state index contributed by atoms with van der Waals surface area (Å²) < 4.78 is 10.3. The van der Waals surface area contributed by atoms with Gasteiger partial charge in [-0.3, -0.25) is 0 Å². The Labute approximate surface area is 91.5 Å². The summed E-state index contributed by atoms with van der Waals surface area (Å²) in [5.74, 6) is 0.231. The maximum Gasteiger partial charge on any atom is 0.341 e. The van der Waals surface area contributed by atoms with Crippen LogP contribution in [-0.2, 0) is 4.79 Å². The van der Waals surface area contributed by atoms with Gasteiger partial charge in [-0.1, -0.05) is 6.07 Å². The van der Waals surface area contributed by atoms with Crippen molar-refractivity contribution < 1.29 is 19.4 Å². The molecule has 1 heterocycles. The minimum atomic E-state index is -1.06. The van der Waals surface area contributed by atoms with Gasteiger partial charge in [0.05, 0.1) is 4.91 Å². The summed E-state index contributed by atoms with van der Waals surface area (Å²) in [6.07, 6.45) is 1.45. The second kappa shape index (κ2) is 3.86. The van der Waals surface area contributed by atoms with E-state index in [2.05, 4.69) is 12.6 Å². The first-order valence-electron chi connectivity index (χ1n) is 4.20. The van der Waals surface area contributed by atoms with E-state index in [1.807, 2.05) is 0 Å². The second-order valence-electron chi connectivity index (χ2n) is 2.95. The number of rotatable bonds is 2. The Bertz CT molecular complexity index is 439. The second-order valence-corrected chi connectivity index (χ2v) is 3.43. The maximum absolute atomic E-state index is 10.5. The Morgan fingerprint density at radius 3 is 2.87 bits per heavy atom. The third kappa shape index (κ3) is 2.07. The van der Waals surface area contributed by atoms with Crippen molar-refractivity contribution in [2.75, 3.05) is 6.79 Å². The molecule has 0 aromatic heterocycles. The lowest BCUT2D eigenvalue weighted by Gasteiger charge is -1.98. The van der Waals surface area contributed by atoms with Crippen molar-refractivity contribution in [3.05, 3.63) is 28.7 Å². The average Bonchev–Trinajstić information content (AvgIpc) is 2.64. The van der Waals surface area contributed by atoms with Crippen LogP contribution in [0.25, 0.3) is 6.08 Å². The first kappa shape index (κ1) is 9.92. The molecule has 0 unspecified atom stereocenters. The van der Waals surface area contributed by atoms with Crippen molar-refractivity contribution in [3.8, 4) is 11.5 Å². The van der Waals surface area contributed by atoms with E-state index in [-0.39, 0.29) is 11.7 Å². The van der Waals surface area contributed by atoms with Crippen molar-refractivity contribution in [3.63, 3.8) is 0 Å². The topological polar surface area (TPSA) is 55.8 Å². The van der Waals surface area contributed by atoms with Crippen molar-refractivity contribution in [1.82, 2.24) is 0 Å². The largest absolute Gasteiger partial charge is 0.477 e. The van der Waals surface area contributed by atoms with E-state index in [4.69, 9.17) is 14.6 Å². The highest BCUT2D eigenvalue weighted by Crippen LogP contribution is 2.33. The number of ether oxygens (including phenoxy) is 2. The van der Waals surface area contributed by atoms with E-state index < -0.39 is 5.97 Å². The normalized spacial score (nSPS) is 14.1. The molecule has 1 aliphatic heterocycles. The van der Waals surface area contributed by atoms with Crippen LogP contribution in [0, 0.1) is 0 Å². The minimum absolute atomic E-state index is 0.0196. The number of hydrogen-bond acceptors (Lipinski definition) is 4. The molecule has 15 heavy (non-hydrogen) atoms. The van der Waals surface area contributed by atoms with Crippen LogP contribution >= 0.6 is 12.6 Å². The van der Waals surface area contributed by atoms with Gasteiger partial charge >= 0.3 is 5.97 Å². The molecular weight excluding hydrogens is 216 g/mol. The molecule has 0 saturated carbocycles. The van der Waals surface area contributed by atoms with Gasteiger partial charge in [0.2, 0.25) is 6.79 Å². The summed E-state index contributed by atoms with van der Waals surface area (Å²) in [6, 6.07) is 5.19. The highest BCUT2D eigenvalue weighted by molar-refractivity contribution is 7.85. The molecule has 1 N–H and O–H groups in total. The lowest BCUT2D eigenvalue weighted by molar-refractivity contribution is -0.131. The van der Waals surface area contributed by atoms with Gasteiger partial charge in [-0.15, -0.1) is 12.6 Å². The molecule has 0 saturated heterocycles. The van der Waals surface area contributed by atoms with Crippen LogP contribution in [0.5, 0.6) is 11.5 Å². The van der Waals surface area contributed by atoms with Gasteiger partial charge in [0.25, 0.3) is 0 Å². The van der Waals surface area contributed by atoms with E-state index in [0.717, 1.165) is 0 Å². The summed E-state index contributed by atoms with van der Waals surface area (Å²) in [5, 5.41) is 8.64. The predicted octanol–water partition coefficient (Wildman–Crippen LogP) is 1.77. The van der Waals surface area contributed by atoms with Crippen molar-refractivity contribution in [2.45, 2.75) is 0 Å². The summed E-state index contributed by atoms with van der Waals surface area (Å²) in [6.45, 7) is 0.204. The van der Waals surface area contributed by atoms with Crippen molar-refractivity contribution in [2.24, 2.45) is 0 Å². The van der Waals surface area contributed by atoms with Crippen molar-refractivity contribution in [1.29, 1.82) is 0 Å². The Morgan fingerprint density at radius 1 is 1.40 bits per heavy atom. The van der Waals surface area contributed by atoms with Gasteiger partial charge in [-0.25, -0.2) is 4.79 Å². The monoisotopic (exact) mass is 224 g/mol. The fourth-order valence-electron chi connectivity index (χ4n) is 1.22. The smallest absolute Gasteiger partial charge is 0.341 e. The molecule has 0 bridgehead atoms. The van der Waals surface area contributed by atoms with E-state index >= 15 is 0 Å². The Kier molecular flexibility index (Phi) is 2.55. The molecule has 5 heteroatoms. The zero-order chi connectivity index (χ0) is 10.8. The summed E-state index contributed by atoms with van der Waals surface area (Å²) in [4.78, 5) is 10.5. The molecule has 78 valence electrons. The minimum Gasteiger partial charge on any atom is -0.477 e. The van der Waals surface area contributed by atoms with Gasteiger partial charge < -0.3 is 14.6 Å². The van der Waals surface area contributed by atoms with Crippen LogP contribution in [0.3, 0.4) is 0 Å². The first-order valence-corrected chi connectivity index (χ1v) is 4.65. The van der Waals surface area contributed by atoms with E-state index in [9.17, 15) is 4.79 Å². The standard InChI is InChI=1S/C10H8O4S/c11-10(12)9(15)4-6-1-2-7-8(3-6)14-5-13-7/h1-4,15H,5H2,(H,11,12)/b9-4+. The van der Waals surface area contributed by atoms with E-state index in [1.54, 1.807) is 18.2 Å². The molecule has 0 atom stereocenters. The fraction of sp³-hybridized carbons (Fsp3) is 0.100. The van der Waals surface area contributed by atoms with Crippen LogP contribution in [0.15, 0.2) is 23.1 Å². The van der Waals surface area contributed by atoms with Crippen LogP contribution in [0.4, 0.5) is 0 Å². The van der Waals surface area contributed by atoms with Gasteiger partial charge in [0, 0.05) is 0 Å². The molecule has 0 radical (unpaired) electrons. The molecule has 1 aromatic carbocycles. The van der Waals surface area contributed by atoms with Gasteiger partial charge in [-0.05, 0) is 23.8 Å². The highest BCUT2D eigenvalue weighted by Gasteiger charge is 2.12. The third-order valence-electron chi connectivity index (χ3n) is 1.92. The molecule has 1 aliphatic rings. The Hall–Kier alpha value is -1.62. The van der Waals surface area contributed by atoms with Gasteiger partial charge in [0.1, 0.15) is 0 Å². The summed E-state index contributed by atoms with van der Waals surface area (Å²) >= 11 is 3.83. The van der Waals surface area contributed by atoms with Crippen molar-refractivity contribution >= 4 is 24.7 Å². The van der Waals surface area contributed by atoms with E-state index in [0.29, 0.717) is 17.1 Å². The first-order chi connectivity index (χ1) is 7.16. The van der Waals surface area contributed by atoms with Crippen LogP contribution in [-0.4, -0.2) is 17.9 Å². The SMILES string of the molecule is O=C(O)/C(S)=C\c1ccc2c(c1)OCO2. The van der Waals surface area contributed by atoms with Crippen LogP contribution < -0.4 is 9.47 Å². The average molecular weight is 224 g/mol. The Balaban J connectivity index is 2.31. The molecule has 0 amide bonds. The van der Waals surface area contributed by atoms with Gasteiger partial charge in [0.15, 0.2) is 11.5 Å². The van der Waals surface area contributed by atoms with Crippen LogP contribution in [0.2, 0.25) is 0 Å². The zero-order valence-electron chi connectivity index (χ0n) is 7.64. The predicted molar refractivity (Wildman–Crippen MR) is 57.2 cm³/mol. The molecule has 0 aliphatic carbocycles. The lowest BCUT2D eigenvalue weighted by atomic mass is 10.2. The molecule has 0 fully saturated rings. The summed E-state index contributed by atoms with van der Waals surface area (Å²) in [5.41, 5.74) is 0.714. The number of carboxylic acid groups (broad SMARTS) is 1. The van der Waals surface area contributed by atoms with Crippen LogP contribution in [0.1, 0.15) is 5.56 Å². The Morgan fingerprint density at radius 2 is 2.13 bits per heavy atom. The fourth-order valence-corrected chi connectivity index (χ4v) is 1.37. The number of thiol groups is 1. The molecular formula is C10H8O4S. The van der Waals surface area contributed by atoms with Gasteiger partial charge in [-0.2, -0.15) is 0 Å². The number of hydrogen-bond donors (Lipinski definition) is 2. The summed E-state index contributed by atoms with van der Waals surface area (Å²) in [7, 11) is 0. The number of carboxylic acids is 1. The zero-order valence-corrected chi connectivity index (χ0v) is 8.53. The number of carbonyl (C=O) groups is 1. The highest BCUT2D eigenvalue weighted by atomic mass is 32.1. The number of aliphatic carboxylic acids is 1. The molecule has 4 nitrogen and oxygen atoms in total.